The molecule has 2 atom stereocenters. The minimum atomic E-state index is -1.64. The molecule has 0 saturated carbocycles. The van der Waals surface area contributed by atoms with Crippen molar-refractivity contribution in [2.75, 3.05) is 12.0 Å². The highest BCUT2D eigenvalue weighted by Gasteiger charge is 2.33. The molecule has 1 aromatic heterocycles. The highest BCUT2D eigenvalue weighted by molar-refractivity contribution is 7.84. The van der Waals surface area contributed by atoms with Crippen molar-refractivity contribution in [1.82, 2.24) is 14.8 Å². The molecule has 0 amide bonds. The summed E-state index contributed by atoms with van der Waals surface area (Å²) < 4.78 is 39.6. The highest BCUT2D eigenvalue weighted by atomic mass is 32.2. The lowest BCUT2D eigenvalue weighted by atomic mass is 9.90. The summed E-state index contributed by atoms with van der Waals surface area (Å²) in [6, 6.07) is 2.98. The Morgan fingerprint density at radius 3 is 2.76 bits per heavy atom. The Labute approximate surface area is 123 Å². The lowest BCUT2D eigenvalue weighted by molar-refractivity contribution is 0.00854. The van der Waals surface area contributed by atoms with Crippen molar-refractivity contribution in [2.24, 2.45) is 0 Å². The van der Waals surface area contributed by atoms with Crippen molar-refractivity contribution in [3.05, 3.63) is 48.1 Å². The maximum atomic E-state index is 14.0. The second kappa shape index (κ2) is 6.40. The van der Waals surface area contributed by atoms with Gasteiger partial charge < -0.3 is 5.11 Å². The maximum Gasteiger partial charge on any atom is 0.137 e. The lowest BCUT2D eigenvalue weighted by Gasteiger charge is -2.28. The van der Waals surface area contributed by atoms with Gasteiger partial charge in [-0.3, -0.25) is 4.21 Å². The first kappa shape index (κ1) is 15.7. The Morgan fingerprint density at radius 1 is 1.43 bits per heavy atom. The standard InChI is InChI=1S/C13H15F2N3O2S/c1-21(20)5-4-13(19,7-18-9-16-8-17-18)11-3-2-10(14)6-12(11)15/h2-3,6,8-9,19H,4-5,7H2,1H3. The van der Waals surface area contributed by atoms with Crippen LogP contribution in [0.4, 0.5) is 8.78 Å². The van der Waals surface area contributed by atoms with Crippen LogP contribution < -0.4 is 0 Å². The molecule has 0 fully saturated rings. The van der Waals surface area contributed by atoms with Gasteiger partial charge in [-0.15, -0.1) is 0 Å². The zero-order chi connectivity index (χ0) is 15.5. The predicted octanol–water partition coefficient (Wildman–Crippen LogP) is 1.21. The molecular formula is C13H15F2N3O2S. The number of halogens is 2. The normalized spacial score (nSPS) is 15.6. The molecule has 0 aliphatic rings. The first-order valence-electron chi connectivity index (χ1n) is 6.21. The molecule has 0 aliphatic heterocycles. The van der Waals surface area contributed by atoms with Gasteiger partial charge in [0.15, 0.2) is 0 Å². The number of rotatable bonds is 6. The minimum Gasteiger partial charge on any atom is -0.383 e. The van der Waals surface area contributed by atoms with Crippen LogP contribution in [0.1, 0.15) is 12.0 Å². The van der Waals surface area contributed by atoms with E-state index in [-0.39, 0.29) is 24.3 Å². The van der Waals surface area contributed by atoms with E-state index in [2.05, 4.69) is 10.1 Å². The molecule has 2 rings (SSSR count). The summed E-state index contributed by atoms with van der Waals surface area (Å²) in [5, 5.41) is 14.7. The average Bonchev–Trinajstić information content (AvgIpc) is 2.89. The van der Waals surface area contributed by atoms with Gasteiger partial charge in [-0.05, 0) is 12.5 Å². The molecule has 0 radical (unpaired) electrons. The van der Waals surface area contributed by atoms with Crippen LogP contribution in [-0.2, 0) is 22.9 Å². The molecule has 0 spiro atoms. The fourth-order valence-corrected chi connectivity index (χ4v) is 2.69. The third-order valence-corrected chi connectivity index (χ3v) is 3.90. The lowest BCUT2D eigenvalue weighted by Crippen LogP contribution is -2.34. The van der Waals surface area contributed by atoms with Crippen LogP contribution >= 0.6 is 0 Å². The molecule has 1 aromatic carbocycles. The molecule has 0 saturated heterocycles. The summed E-state index contributed by atoms with van der Waals surface area (Å²) in [6.45, 7) is -0.0627. The van der Waals surface area contributed by atoms with Gasteiger partial charge in [0, 0.05) is 34.4 Å². The van der Waals surface area contributed by atoms with Gasteiger partial charge in [0.2, 0.25) is 0 Å². The van der Waals surface area contributed by atoms with E-state index in [1.54, 1.807) is 0 Å². The summed E-state index contributed by atoms with van der Waals surface area (Å²) in [4.78, 5) is 3.76. The van der Waals surface area contributed by atoms with Crippen LogP contribution in [0.3, 0.4) is 0 Å². The van der Waals surface area contributed by atoms with E-state index in [4.69, 9.17) is 0 Å². The third-order valence-electron chi connectivity index (χ3n) is 3.13. The van der Waals surface area contributed by atoms with Crippen molar-refractivity contribution in [3.8, 4) is 0 Å². The fourth-order valence-electron chi connectivity index (χ4n) is 2.06. The Kier molecular flexibility index (Phi) is 4.79. The number of hydrogen-bond acceptors (Lipinski definition) is 4. The van der Waals surface area contributed by atoms with E-state index in [1.165, 1.54) is 29.7 Å². The van der Waals surface area contributed by atoms with Crippen molar-refractivity contribution >= 4 is 10.8 Å². The van der Waals surface area contributed by atoms with E-state index >= 15 is 0 Å². The van der Waals surface area contributed by atoms with Crippen LogP contribution in [0, 0.1) is 11.6 Å². The zero-order valence-corrected chi connectivity index (χ0v) is 12.2. The molecule has 0 aliphatic carbocycles. The van der Waals surface area contributed by atoms with Crippen molar-refractivity contribution in [1.29, 1.82) is 0 Å². The average molecular weight is 315 g/mol. The van der Waals surface area contributed by atoms with Crippen LogP contribution in [0.25, 0.3) is 0 Å². The predicted molar refractivity (Wildman–Crippen MR) is 73.8 cm³/mol. The molecule has 2 unspecified atom stereocenters. The van der Waals surface area contributed by atoms with E-state index in [0.29, 0.717) is 6.07 Å². The second-order valence-electron chi connectivity index (χ2n) is 4.78. The number of hydrogen-bond donors (Lipinski definition) is 1. The van der Waals surface area contributed by atoms with Gasteiger partial charge in [-0.25, -0.2) is 18.4 Å². The second-order valence-corrected chi connectivity index (χ2v) is 6.33. The molecule has 2 aromatic rings. The highest BCUT2D eigenvalue weighted by Crippen LogP contribution is 2.30. The third kappa shape index (κ3) is 3.92. The molecule has 0 bridgehead atoms. The maximum absolute atomic E-state index is 14.0. The largest absolute Gasteiger partial charge is 0.383 e. The Morgan fingerprint density at radius 2 is 2.19 bits per heavy atom. The van der Waals surface area contributed by atoms with Crippen LogP contribution in [0.15, 0.2) is 30.9 Å². The van der Waals surface area contributed by atoms with Crippen LogP contribution in [-0.4, -0.2) is 36.1 Å². The van der Waals surface area contributed by atoms with Gasteiger partial charge in [-0.2, -0.15) is 5.10 Å². The minimum absolute atomic E-state index is 0.0511. The fraction of sp³-hybridized carbons (Fsp3) is 0.385. The summed E-state index contributed by atoms with van der Waals surface area (Å²) in [5.41, 5.74) is -1.69. The topological polar surface area (TPSA) is 68.0 Å². The zero-order valence-electron chi connectivity index (χ0n) is 11.4. The summed E-state index contributed by atoms with van der Waals surface area (Å²) in [5.74, 6) is -1.39. The molecule has 5 nitrogen and oxygen atoms in total. The Hall–Kier alpha value is -1.67. The van der Waals surface area contributed by atoms with Crippen LogP contribution in [0.5, 0.6) is 0 Å². The molecule has 1 N–H and O–H groups in total. The molecule has 8 heteroatoms. The quantitative estimate of drug-likeness (QED) is 0.870. The van der Waals surface area contributed by atoms with Crippen molar-refractivity contribution in [2.45, 2.75) is 18.6 Å². The molecular weight excluding hydrogens is 300 g/mol. The number of benzene rings is 1. The van der Waals surface area contributed by atoms with Crippen molar-refractivity contribution in [3.63, 3.8) is 0 Å². The van der Waals surface area contributed by atoms with E-state index in [0.717, 1.165) is 6.07 Å². The van der Waals surface area contributed by atoms with Crippen molar-refractivity contribution < 1.29 is 18.1 Å². The summed E-state index contributed by atoms with van der Waals surface area (Å²) >= 11 is 0. The number of nitrogens with zero attached hydrogens (tertiary/aromatic N) is 3. The van der Waals surface area contributed by atoms with E-state index in [1.807, 2.05) is 0 Å². The van der Waals surface area contributed by atoms with E-state index < -0.39 is 28.0 Å². The first-order chi connectivity index (χ1) is 9.90. The molecule has 21 heavy (non-hydrogen) atoms. The first-order valence-corrected chi connectivity index (χ1v) is 7.94. The van der Waals surface area contributed by atoms with E-state index in [9.17, 15) is 18.1 Å². The smallest absolute Gasteiger partial charge is 0.137 e. The Bertz CT molecular complexity index is 636. The molecule has 1 heterocycles. The monoisotopic (exact) mass is 315 g/mol. The number of aromatic nitrogens is 3. The summed E-state index contributed by atoms with van der Waals surface area (Å²) in [6.07, 6.45) is 4.23. The van der Waals surface area contributed by atoms with Gasteiger partial charge in [0.05, 0.1) is 6.54 Å². The number of aliphatic hydroxyl groups is 1. The Balaban J connectivity index is 2.36. The van der Waals surface area contributed by atoms with Crippen LogP contribution in [0.2, 0.25) is 0 Å². The molecule has 114 valence electrons. The summed E-state index contributed by atoms with van der Waals surface area (Å²) in [7, 11) is -1.15. The SMILES string of the molecule is CS(=O)CCC(O)(Cn1cncn1)c1ccc(F)cc1F. The van der Waals surface area contributed by atoms with Gasteiger partial charge in [0.1, 0.15) is 29.9 Å². The van der Waals surface area contributed by atoms with Gasteiger partial charge >= 0.3 is 0 Å². The van der Waals surface area contributed by atoms with Gasteiger partial charge in [-0.1, -0.05) is 6.07 Å². The van der Waals surface area contributed by atoms with Gasteiger partial charge in [0.25, 0.3) is 0 Å².